The minimum atomic E-state index is -0.218. The minimum absolute atomic E-state index is 0.129. The van der Waals surface area contributed by atoms with Crippen molar-refractivity contribution in [1.82, 2.24) is 15.1 Å². The molecule has 0 radical (unpaired) electrons. The van der Waals surface area contributed by atoms with Gasteiger partial charge in [0.2, 0.25) is 0 Å². The molecule has 0 aliphatic carbocycles. The number of anilines is 2. The smallest absolute Gasteiger partial charge is 0.322 e. The van der Waals surface area contributed by atoms with Crippen molar-refractivity contribution in [2.24, 2.45) is 0 Å². The van der Waals surface area contributed by atoms with Crippen LogP contribution in [0.15, 0.2) is 60.7 Å². The van der Waals surface area contributed by atoms with Gasteiger partial charge in [0.05, 0.1) is 22.8 Å². The lowest BCUT2D eigenvalue weighted by Gasteiger charge is -2.36. The number of benzene rings is 3. The van der Waals surface area contributed by atoms with E-state index in [-0.39, 0.29) is 11.9 Å². The fourth-order valence-corrected chi connectivity index (χ4v) is 5.87. The zero-order chi connectivity index (χ0) is 28.8. The zero-order valence-corrected chi connectivity index (χ0v) is 24.7. The molecular weight excluding hydrogens is 561 g/mol. The number of carbonyl (C=O) groups is 2. The number of rotatable bonds is 8. The molecule has 10 heteroatoms. The monoisotopic (exact) mass is 595 g/mol. The van der Waals surface area contributed by atoms with Gasteiger partial charge in [-0.05, 0) is 85.6 Å². The van der Waals surface area contributed by atoms with Gasteiger partial charge in [-0.1, -0.05) is 35.3 Å². The van der Waals surface area contributed by atoms with E-state index >= 15 is 0 Å². The number of hydrogen-bond donors (Lipinski definition) is 2. The van der Waals surface area contributed by atoms with Crippen LogP contribution in [-0.4, -0.2) is 68.1 Å². The van der Waals surface area contributed by atoms with Gasteiger partial charge in [0.15, 0.2) is 0 Å². The molecule has 5 rings (SSSR count). The third-order valence-electron chi connectivity index (χ3n) is 7.61. The summed E-state index contributed by atoms with van der Waals surface area (Å²) in [6, 6.07) is 18.7. The Morgan fingerprint density at radius 2 is 1.46 bits per heavy atom. The lowest BCUT2D eigenvalue weighted by Crippen LogP contribution is -2.50. The molecule has 2 aliphatic rings. The van der Waals surface area contributed by atoms with E-state index in [4.69, 9.17) is 27.9 Å². The summed E-state index contributed by atoms with van der Waals surface area (Å²) in [7, 11) is 1.63. The molecule has 2 saturated heterocycles. The van der Waals surface area contributed by atoms with Crippen LogP contribution in [0.5, 0.6) is 5.75 Å². The van der Waals surface area contributed by atoms with Crippen molar-refractivity contribution in [3.8, 4) is 5.75 Å². The molecule has 0 aromatic heterocycles. The molecule has 41 heavy (non-hydrogen) atoms. The Kier molecular flexibility index (Phi) is 9.54. The normalized spacial score (nSPS) is 15.6. The topological polar surface area (TPSA) is 77.1 Å². The third-order valence-corrected chi connectivity index (χ3v) is 8.21. The van der Waals surface area contributed by atoms with E-state index in [0.29, 0.717) is 54.0 Å². The number of likely N-dealkylation sites (tertiary alicyclic amines) is 1. The predicted molar refractivity (Wildman–Crippen MR) is 164 cm³/mol. The molecular formula is C31H35Cl2N5O3. The Hall–Kier alpha value is -3.46. The number of methoxy groups -OCH3 is 1. The quantitative estimate of drug-likeness (QED) is 0.340. The standard InChI is InChI=1S/C31H35Cl2N5O3/c1-41-26-10-4-22(5-11-26)20-34-30(39)24-6-8-25(9-7-24)37-14-16-38(17-15-37)31(40)35-29-27(32)18-23(19-28(29)33)21-36-12-2-3-13-36/h4-11,18-19H,2-3,12-17,20-21H2,1H3,(H,34,39)(H,35,40). The van der Waals surface area contributed by atoms with Crippen LogP contribution in [0, 0.1) is 0 Å². The highest BCUT2D eigenvalue weighted by atomic mass is 35.5. The summed E-state index contributed by atoms with van der Waals surface area (Å²) in [6.07, 6.45) is 2.44. The molecule has 2 aliphatic heterocycles. The van der Waals surface area contributed by atoms with Crippen LogP contribution in [-0.2, 0) is 13.1 Å². The Morgan fingerprint density at radius 1 is 0.829 bits per heavy atom. The molecule has 0 unspecified atom stereocenters. The van der Waals surface area contributed by atoms with E-state index in [1.807, 2.05) is 60.7 Å². The number of ether oxygens (including phenoxy) is 1. The average Bonchev–Trinajstić information content (AvgIpc) is 3.51. The molecule has 3 amide bonds. The van der Waals surface area contributed by atoms with E-state index in [9.17, 15) is 9.59 Å². The maximum atomic E-state index is 13.0. The van der Waals surface area contributed by atoms with Gasteiger partial charge in [-0.25, -0.2) is 4.79 Å². The van der Waals surface area contributed by atoms with Gasteiger partial charge in [0.25, 0.3) is 5.91 Å². The van der Waals surface area contributed by atoms with Gasteiger partial charge in [-0.2, -0.15) is 0 Å². The Labute approximate surface area is 251 Å². The molecule has 0 atom stereocenters. The number of urea groups is 1. The fourth-order valence-electron chi connectivity index (χ4n) is 5.24. The predicted octanol–water partition coefficient (Wildman–Crippen LogP) is 5.88. The molecule has 2 N–H and O–H groups in total. The van der Waals surface area contributed by atoms with Crippen molar-refractivity contribution in [2.75, 3.05) is 56.6 Å². The number of amides is 3. The summed E-state index contributed by atoms with van der Waals surface area (Å²) in [5, 5.41) is 6.77. The Bertz CT molecular complexity index is 1330. The van der Waals surface area contributed by atoms with E-state index in [1.165, 1.54) is 12.8 Å². The molecule has 0 bridgehead atoms. The van der Waals surface area contributed by atoms with Crippen LogP contribution in [0.3, 0.4) is 0 Å². The van der Waals surface area contributed by atoms with Crippen molar-refractivity contribution >= 4 is 46.5 Å². The van der Waals surface area contributed by atoms with Gasteiger partial charge in [0, 0.05) is 50.5 Å². The molecule has 3 aromatic rings. The van der Waals surface area contributed by atoms with Crippen LogP contribution < -0.4 is 20.3 Å². The molecule has 2 heterocycles. The first kappa shape index (κ1) is 29.0. The third kappa shape index (κ3) is 7.44. The van der Waals surface area contributed by atoms with E-state index < -0.39 is 0 Å². The molecule has 0 saturated carbocycles. The lowest BCUT2D eigenvalue weighted by atomic mass is 10.1. The van der Waals surface area contributed by atoms with E-state index in [1.54, 1.807) is 12.0 Å². The van der Waals surface area contributed by atoms with Gasteiger partial charge in [0.1, 0.15) is 5.75 Å². The number of halogens is 2. The summed E-state index contributed by atoms with van der Waals surface area (Å²) < 4.78 is 5.17. The Morgan fingerprint density at radius 3 is 2.07 bits per heavy atom. The summed E-state index contributed by atoms with van der Waals surface area (Å²) in [5.74, 6) is 0.652. The SMILES string of the molecule is COc1ccc(CNC(=O)c2ccc(N3CCN(C(=O)Nc4c(Cl)cc(CN5CCCC5)cc4Cl)CC3)cc2)cc1. The Balaban J connectivity index is 1.10. The van der Waals surface area contributed by atoms with Crippen molar-refractivity contribution < 1.29 is 14.3 Å². The van der Waals surface area contributed by atoms with Crippen molar-refractivity contribution in [3.63, 3.8) is 0 Å². The first-order valence-electron chi connectivity index (χ1n) is 13.9. The van der Waals surface area contributed by atoms with Gasteiger partial charge in [-0.3, -0.25) is 9.69 Å². The zero-order valence-electron chi connectivity index (χ0n) is 23.2. The van der Waals surface area contributed by atoms with Crippen LogP contribution >= 0.6 is 23.2 Å². The lowest BCUT2D eigenvalue weighted by molar-refractivity contribution is 0.0951. The highest BCUT2D eigenvalue weighted by molar-refractivity contribution is 6.39. The van der Waals surface area contributed by atoms with Crippen LogP contribution in [0.2, 0.25) is 10.0 Å². The largest absolute Gasteiger partial charge is 0.497 e. The fraction of sp³-hybridized carbons (Fsp3) is 0.355. The second kappa shape index (κ2) is 13.5. The van der Waals surface area contributed by atoms with Crippen molar-refractivity contribution in [1.29, 1.82) is 0 Å². The molecule has 2 fully saturated rings. The van der Waals surface area contributed by atoms with Crippen LogP contribution in [0.4, 0.5) is 16.2 Å². The van der Waals surface area contributed by atoms with Gasteiger partial charge >= 0.3 is 6.03 Å². The first-order valence-corrected chi connectivity index (χ1v) is 14.7. The average molecular weight is 597 g/mol. The molecule has 3 aromatic carbocycles. The first-order chi connectivity index (χ1) is 19.9. The number of nitrogens with zero attached hydrogens (tertiary/aromatic N) is 3. The molecule has 0 spiro atoms. The number of hydrogen-bond acceptors (Lipinski definition) is 5. The summed E-state index contributed by atoms with van der Waals surface area (Å²) in [4.78, 5) is 32.0. The number of carbonyl (C=O) groups excluding carboxylic acids is 2. The van der Waals surface area contributed by atoms with Crippen molar-refractivity contribution in [2.45, 2.75) is 25.9 Å². The summed E-state index contributed by atoms with van der Waals surface area (Å²) in [5.41, 5.74) is 4.11. The van der Waals surface area contributed by atoms with E-state index in [0.717, 1.165) is 42.2 Å². The summed E-state index contributed by atoms with van der Waals surface area (Å²) in [6.45, 7) is 5.88. The number of nitrogens with one attached hydrogen (secondary N) is 2. The second-order valence-electron chi connectivity index (χ2n) is 10.4. The minimum Gasteiger partial charge on any atom is -0.497 e. The highest BCUT2D eigenvalue weighted by Crippen LogP contribution is 2.33. The van der Waals surface area contributed by atoms with Crippen LogP contribution in [0.25, 0.3) is 0 Å². The van der Waals surface area contributed by atoms with Crippen molar-refractivity contribution in [3.05, 3.63) is 87.4 Å². The maximum Gasteiger partial charge on any atom is 0.322 e. The van der Waals surface area contributed by atoms with Gasteiger partial charge in [-0.15, -0.1) is 0 Å². The highest BCUT2D eigenvalue weighted by Gasteiger charge is 2.23. The maximum absolute atomic E-state index is 13.0. The number of piperazine rings is 1. The second-order valence-corrected chi connectivity index (χ2v) is 11.2. The van der Waals surface area contributed by atoms with Gasteiger partial charge < -0.3 is 25.2 Å². The molecule has 8 nitrogen and oxygen atoms in total. The summed E-state index contributed by atoms with van der Waals surface area (Å²) >= 11 is 13.1. The van der Waals surface area contributed by atoms with E-state index in [2.05, 4.69) is 20.4 Å². The molecule has 216 valence electrons. The van der Waals surface area contributed by atoms with Crippen LogP contribution in [0.1, 0.15) is 34.3 Å².